The van der Waals surface area contributed by atoms with E-state index in [1.54, 1.807) is 49.6 Å². The van der Waals surface area contributed by atoms with Gasteiger partial charge in [-0.05, 0) is 37.6 Å². The van der Waals surface area contributed by atoms with Gasteiger partial charge in [0.2, 0.25) is 6.41 Å². The summed E-state index contributed by atoms with van der Waals surface area (Å²) in [5.41, 5.74) is 2.02. The van der Waals surface area contributed by atoms with Crippen LogP contribution >= 0.6 is 0 Å². The minimum Gasteiger partial charge on any atom is -0.459 e. The fraction of sp³-hybridized carbons (Fsp3) is 0.364. The molecule has 4 heterocycles. The minimum absolute atomic E-state index is 0.112. The lowest BCUT2D eigenvalue weighted by Gasteiger charge is -2.34. The van der Waals surface area contributed by atoms with Crippen molar-refractivity contribution in [3.63, 3.8) is 0 Å². The second-order valence-electron chi connectivity index (χ2n) is 7.33. The van der Waals surface area contributed by atoms with E-state index in [9.17, 15) is 14.4 Å². The van der Waals surface area contributed by atoms with E-state index < -0.39 is 0 Å². The second kappa shape index (κ2) is 8.63. The summed E-state index contributed by atoms with van der Waals surface area (Å²) in [6.45, 7) is 6.15. The van der Waals surface area contributed by atoms with E-state index in [1.807, 2.05) is 13.8 Å². The van der Waals surface area contributed by atoms with E-state index in [0.717, 1.165) is 12.1 Å². The maximum absolute atomic E-state index is 13.1. The number of fused-ring (bicyclic) bond motifs is 1. The molecule has 1 aliphatic heterocycles. The van der Waals surface area contributed by atoms with Crippen molar-refractivity contribution in [3.8, 4) is 0 Å². The Morgan fingerprint density at radius 3 is 2.39 bits per heavy atom. The maximum Gasteiger partial charge on any atom is 0.289 e. The fourth-order valence-corrected chi connectivity index (χ4v) is 3.87. The van der Waals surface area contributed by atoms with E-state index in [2.05, 4.69) is 4.98 Å². The zero-order valence-electron chi connectivity index (χ0n) is 17.7. The fourth-order valence-electron chi connectivity index (χ4n) is 3.87. The zero-order chi connectivity index (χ0) is 22.0. The molecular formula is C22H25N5O4. The van der Waals surface area contributed by atoms with Crippen molar-refractivity contribution in [1.29, 1.82) is 0 Å². The van der Waals surface area contributed by atoms with Crippen molar-refractivity contribution in [2.45, 2.75) is 20.3 Å². The topological polar surface area (TPSA) is 91.4 Å². The summed E-state index contributed by atoms with van der Waals surface area (Å²) in [7, 11) is 0. The average molecular weight is 423 g/mol. The number of imidazole rings is 1. The summed E-state index contributed by atoms with van der Waals surface area (Å²) < 4.78 is 6.99. The van der Waals surface area contributed by atoms with Gasteiger partial charge in [-0.15, -0.1) is 0 Å². The van der Waals surface area contributed by atoms with Crippen LogP contribution in [-0.4, -0.2) is 70.1 Å². The SMILES string of the molecule is CCc1nc2ccc(C(=O)N3CCN(C(=O)c4ccco4)CC3)cn2c1N(C=O)CC. The molecule has 0 saturated carbocycles. The molecule has 0 spiro atoms. The van der Waals surface area contributed by atoms with Gasteiger partial charge in [-0.3, -0.25) is 23.7 Å². The molecule has 0 aliphatic carbocycles. The molecule has 31 heavy (non-hydrogen) atoms. The van der Waals surface area contributed by atoms with Gasteiger partial charge < -0.3 is 14.2 Å². The lowest BCUT2D eigenvalue weighted by molar-refractivity contribution is -0.107. The van der Waals surface area contributed by atoms with Gasteiger partial charge in [0, 0.05) is 38.9 Å². The number of pyridine rings is 1. The highest BCUT2D eigenvalue weighted by Gasteiger charge is 2.27. The van der Waals surface area contributed by atoms with Crippen molar-refractivity contribution in [2.75, 3.05) is 37.6 Å². The van der Waals surface area contributed by atoms with Crippen LogP contribution in [0.25, 0.3) is 5.65 Å². The van der Waals surface area contributed by atoms with E-state index in [-0.39, 0.29) is 11.8 Å². The number of anilines is 1. The number of aromatic nitrogens is 2. The van der Waals surface area contributed by atoms with Crippen LogP contribution < -0.4 is 4.90 Å². The molecule has 3 aromatic heterocycles. The number of rotatable bonds is 6. The van der Waals surface area contributed by atoms with Crippen molar-refractivity contribution >= 4 is 29.7 Å². The molecule has 9 nitrogen and oxygen atoms in total. The highest BCUT2D eigenvalue weighted by atomic mass is 16.3. The van der Waals surface area contributed by atoms with Gasteiger partial charge in [0.05, 0.1) is 17.5 Å². The molecule has 0 radical (unpaired) electrons. The Labute approximate surface area is 179 Å². The predicted octanol–water partition coefficient (Wildman–Crippen LogP) is 2.07. The minimum atomic E-state index is -0.165. The van der Waals surface area contributed by atoms with Crippen molar-refractivity contribution in [3.05, 3.63) is 53.7 Å². The summed E-state index contributed by atoms with van der Waals surface area (Å²) in [5, 5.41) is 0. The Hall–Kier alpha value is -3.62. The monoisotopic (exact) mass is 423 g/mol. The molecule has 0 aromatic carbocycles. The van der Waals surface area contributed by atoms with Gasteiger partial charge in [0.25, 0.3) is 11.8 Å². The van der Waals surface area contributed by atoms with Crippen molar-refractivity contribution in [2.24, 2.45) is 0 Å². The molecule has 1 aliphatic rings. The smallest absolute Gasteiger partial charge is 0.289 e. The Balaban J connectivity index is 1.54. The molecule has 9 heteroatoms. The largest absolute Gasteiger partial charge is 0.459 e. The van der Waals surface area contributed by atoms with Crippen LogP contribution in [0.15, 0.2) is 41.1 Å². The molecule has 4 rings (SSSR count). The van der Waals surface area contributed by atoms with Crippen LogP contribution in [0.1, 0.15) is 40.5 Å². The Morgan fingerprint density at radius 1 is 1.10 bits per heavy atom. The predicted molar refractivity (Wildman–Crippen MR) is 114 cm³/mol. The highest BCUT2D eigenvalue weighted by Crippen LogP contribution is 2.24. The molecule has 1 saturated heterocycles. The van der Waals surface area contributed by atoms with E-state index in [4.69, 9.17) is 4.42 Å². The van der Waals surface area contributed by atoms with Gasteiger partial charge in [0.1, 0.15) is 11.5 Å². The van der Waals surface area contributed by atoms with Gasteiger partial charge in [-0.1, -0.05) is 6.92 Å². The van der Waals surface area contributed by atoms with Gasteiger partial charge in [-0.2, -0.15) is 0 Å². The average Bonchev–Trinajstić information content (AvgIpc) is 3.47. The lowest BCUT2D eigenvalue weighted by atomic mass is 10.2. The lowest BCUT2D eigenvalue weighted by Crippen LogP contribution is -2.50. The van der Waals surface area contributed by atoms with Crippen LogP contribution in [0.2, 0.25) is 0 Å². The van der Waals surface area contributed by atoms with E-state index >= 15 is 0 Å². The maximum atomic E-state index is 13.1. The van der Waals surface area contributed by atoms with Gasteiger partial charge in [-0.25, -0.2) is 4.98 Å². The van der Waals surface area contributed by atoms with Crippen LogP contribution in [0.3, 0.4) is 0 Å². The molecule has 0 N–H and O–H groups in total. The third kappa shape index (κ3) is 3.78. The number of aryl methyl sites for hydroxylation is 1. The second-order valence-corrected chi connectivity index (χ2v) is 7.33. The first-order valence-electron chi connectivity index (χ1n) is 10.4. The first kappa shape index (κ1) is 20.6. The first-order valence-corrected chi connectivity index (χ1v) is 10.4. The number of nitrogens with zero attached hydrogens (tertiary/aromatic N) is 5. The highest BCUT2D eigenvalue weighted by molar-refractivity contribution is 5.95. The zero-order valence-corrected chi connectivity index (χ0v) is 17.7. The van der Waals surface area contributed by atoms with Gasteiger partial charge in [0.15, 0.2) is 5.76 Å². The van der Waals surface area contributed by atoms with E-state index in [1.165, 1.54) is 6.26 Å². The number of hydrogen-bond donors (Lipinski definition) is 0. The summed E-state index contributed by atoms with van der Waals surface area (Å²) in [5.74, 6) is 0.722. The summed E-state index contributed by atoms with van der Waals surface area (Å²) in [6, 6.07) is 6.87. The Morgan fingerprint density at radius 2 is 1.81 bits per heavy atom. The number of furan rings is 1. The molecule has 1 fully saturated rings. The molecule has 0 bridgehead atoms. The van der Waals surface area contributed by atoms with E-state index in [0.29, 0.717) is 61.9 Å². The van der Waals surface area contributed by atoms with Crippen molar-refractivity contribution < 1.29 is 18.8 Å². The number of amides is 3. The first-order chi connectivity index (χ1) is 15.1. The number of piperazine rings is 1. The third-order valence-corrected chi connectivity index (χ3v) is 5.57. The number of hydrogen-bond acceptors (Lipinski definition) is 5. The normalized spacial score (nSPS) is 14.1. The van der Waals surface area contributed by atoms with Crippen LogP contribution in [0.4, 0.5) is 5.82 Å². The Bertz CT molecular complexity index is 1100. The van der Waals surface area contributed by atoms with Gasteiger partial charge >= 0.3 is 0 Å². The summed E-state index contributed by atoms with van der Waals surface area (Å²) >= 11 is 0. The summed E-state index contributed by atoms with van der Waals surface area (Å²) in [4.78, 5) is 46.7. The third-order valence-electron chi connectivity index (χ3n) is 5.57. The van der Waals surface area contributed by atoms with Crippen LogP contribution in [-0.2, 0) is 11.2 Å². The van der Waals surface area contributed by atoms with Crippen LogP contribution in [0.5, 0.6) is 0 Å². The quantitative estimate of drug-likeness (QED) is 0.566. The molecule has 3 amide bonds. The molecule has 0 atom stereocenters. The summed E-state index contributed by atoms with van der Waals surface area (Å²) in [6.07, 6.45) is 4.68. The Kier molecular flexibility index (Phi) is 5.75. The van der Waals surface area contributed by atoms with Crippen molar-refractivity contribution in [1.82, 2.24) is 19.2 Å². The molecule has 0 unspecified atom stereocenters. The molecular weight excluding hydrogens is 398 g/mol. The van der Waals surface area contributed by atoms with Crippen LogP contribution in [0, 0.1) is 0 Å². The number of carbonyl (C=O) groups excluding carboxylic acids is 3. The number of carbonyl (C=O) groups is 3. The molecule has 3 aromatic rings. The molecule has 162 valence electrons. The standard InChI is InChI=1S/C22H25N5O4/c1-3-17-20(24(4-2)15-28)27-14-16(7-8-19(27)23-17)21(29)25-9-11-26(12-10-25)22(30)18-6-5-13-31-18/h5-8,13-15H,3-4,9-12H2,1-2H3.